The van der Waals surface area contributed by atoms with Crippen LogP contribution in [0.25, 0.3) is 11.6 Å². The molecule has 0 aliphatic heterocycles. The summed E-state index contributed by atoms with van der Waals surface area (Å²) in [5, 5.41) is 9.67. The number of hydrogen-bond acceptors (Lipinski definition) is 4. The number of rotatable bonds is 2. The van der Waals surface area contributed by atoms with Crippen LogP contribution in [0, 0.1) is 0 Å². The summed E-state index contributed by atoms with van der Waals surface area (Å²) in [6, 6.07) is 3.34. The van der Waals surface area contributed by atoms with Crippen molar-refractivity contribution in [3.05, 3.63) is 34.3 Å². The Morgan fingerprint density at radius 2 is 2.25 bits per heavy atom. The van der Waals surface area contributed by atoms with Crippen molar-refractivity contribution in [2.24, 2.45) is 0 Å². The van der Waals surface area contributed by atoms with Crippen molar-refractivity contribution in [3.63, 3.8) is 0 Å². The summed E-state index contributed by atoms with van der Waals surface area (Å²) in [6.07, 6.45) is 1.47. The Labute approximate surface area is 91.8 Å². The van der Waals surface area contributed by atoms with Gasteiger partial charge in [-0.15, -0.1) is 0 Å². The summed E-state index contributed by atoms with van der Waals surface area (Å²) in [5.41, 5.74) is -0.0517. The van der Waals surface area contributed by atoms with Crippen LogP contribution in [0.4, 0.5) is 0 Å². The molecule has 84 valence electrons. The largest absolute Gasteiger partial charge is 0.493 e. The van der Waals surface area contributed by atoms with Crippen LogP contribution < -0.4 is 5.56 Å². The standard InChI is InChI=1S/C11H12N2O3/c1-6(2)8-10(14)12-9(13-11(8)15)7-4-3-5-16-7/h3-6H,1-2H3,(H2,12,13,14,15). The smallest absolute Gasteiger partial charge is 0.258 e. The quantitative estimate of drug-likeness (QED) is 0.809. The predicted molar refractivity (Wildman–Crippen MR) is 58.3 cm³/mol. The van der Waals surface area contributed by atoms with E-state index in [1.165, 1.54) is 6.26 Å². The molecule has 5 nitrogen and oxygen atoms in total. The molecule has 0 saturated heterocycles. The van der Waals surface area contributed by atoms with E-state index in [1.54, 1.807) is 12.1 Å². The van der Waals surface area contributed by atoms with Crippen LogP contribution >= 0.6 is 0 Å². The Hall–Kier alpha value is -2.04. The summed E-state index contributed by atoms with van der Waals surface area (Å²) >= 11 is 0. The van der Waals surface area contributed by atoms with E-state index >= 15 is 0 Å². The lowest BCUT2D eigenvalue weighted by Gasteiger charge is -2.06. The van der Waals surface area contributed by atoms with Crippen molar-refractivity contribution in [2.75, 3.05) is 0 Å². The van der Waals surface area contributed by atoms with Gasteiger partial charge < -0.3 is 14.5 Å². The third kappa shape index (κ3) is 1.71. The Morgan fingerprint density at radius 3 is 2.75 bits per heavy atom. The highest BCUT2D eigenvalue weighted by Crippen LogP contribution is 2.22. The maximum Gasteiger partial charge on any atom is 0.258 e. The minimum absolute atomic E-state index is 0.0816. The molecule has 0 fully saturated rings. The molecule has 0 bridgehead atoms. The van der Waals surface area contributed by atoms with E-state index in [1.807, 2.05) is 13.8 Å². The highest BCUT2D eigenvalue weighted by Gasteiger charge is 2.15. The molecule has 0 spiro atoms. The van der Waals surface area contributed by atoms with E-state index in [2.05, 4.69) is 9.97 Å². The molecule has 0 amide bonds. The SMILES string of the molecule is CC(C)c1c(O)nc(-c2ccco2)[nH]c1=O. The van der Waals surface area contributed by atoms with Gasteiger partial charge >= 0.3 is 0 Å². The molecule has 2 rings (SSSR count). The number of aromatic nitrogens is 2. The van der Waals surface area contributed by atoms with Gasteiger partial charge in [0.2, 0.25) is 5.88 Å². The third-order valence-electron chi connectivity index (χ3n) is 2.27. The first kappa shape index (κ1) is 10.5. The first-order valence-corrected chi connectivity index (χ1v) is 4.96. The molecule has 0 saturated carbocycles. The Bertz CT molecular complexity index is 541. The van der Waals surface area contributed by atoms with Gasteiger partial charge in [-0.2, -0.15) is 4.98 Å². The van der Waals surface area contributed by atoms with Gasteiger partial charge in [0.15, 0.2) is 11.6 Å². The molecule has 0 aliphatic carbocycles. The van der Waals surface area contributed by atoms with Crippen molar-refractivity contribution in [1.29, 1.82) is 0 Å². The van der Waals surface area contributed by atoms with Crippen molar-refractivity contribution >= 4 is 0 Å². The molecule has 2 aromatic heterocycles. The van der Waals surface area contributed by atoms with Gasteiger partial charge in [0, 0.05) is 0 Å². The van der Waals surface area contributed by atoms with Crippen LogP contribution in [-0.2, 0) is 0 Å². The van der Waals surface area contributed by atoms with Gasteiger partial charge in [0.05, 0.1) is 11.8 Å². The van der Waals surface area contributed by atoms with Gasteiger partial charge in [-0.25, -0.2) is 0 Å². The number of hydrogen-bond donors (Lipinski definition) is 2. The van der Waals surface area contributed by atoms with E-state index in [0.717, 1.165) is 0 Å². The maximum absolute atomic E-state index is 11.7. The van der Waals surface area contributed by atoms with E-state index in [9.17, 15) is 9.90 Å². The summed E-state index contributed by atoms with van der Waals surface area (Å²) in [5.74, 6) is 0.326. The molecule has 2 aromatic rings. The zero-order valence-corrected chi connectivity index (χ0v) is 9.02. The summed E-state index contributed by atoms with van der Waals surface area (Å²) in [6.45, 7) is 3.64. The highest BCUT2D eigenvalue weighted by atomic mass is 16.3. The Balaban J connectivity index is 2.58. The average Bonchev–Trinajstić information content (AvgIpc) is 2.67. The number of aromatic amines is 1. The summed E-state index contributed by atoms with van der Waals surface area (Å²) < 4.78 is 5.09. The van der Waals surface area contributed by atoms with Crippen molar-refractivity contribution in [3.8, 4) is 17.5 Å². The lowest BCUT2D eigenvalue weighted by Crippen LogP contribution is -2.16. The lowest BCUT2D eigenvalue weighted by atomic mass is 10.1. The second-order valence-electron chi connectivity index (χ2n) is 3.78. The minimum Gasteiger partial charge on any atom is -0.493 e. The molecule has 0 aromatic carbocycles. The zero-order chi connectivity index (χ0) is 11.7. The first-order chi connectivity index (χ1) is 7.59. The maximum atomic E-state index is 11.7. The zero-order valence-electron chi connectivity index (χ0n) is 9.02. The Morgan fingerprint density at radius 1 is 1.50 bits per heavy atom. The van der Waals surface area contributed by atoms with E-state index in [0.29, 0.717) is 5.76 Å². The van der Waals surface area contributed by atoms with Gasteiger partial charge in [-0.3, -0.25) is 4.79 Å². The molecule has 5 heteroatoms. The van der Waals surface area contributed by atoms with E-state index in [4.69, 9.17) is 4.42 Å². The molecule has 0 unspecified atom stereocenters. The fraction of sp³-hybridized carbons (Fsp3) is 0.273. The Kier molecular flexibility index (Phi) is 2.52. The topological polar surface area (TPSA) is 79.1 Å². The number of aromatic hydroxyl groups is 1. The number of H-pyrrole nitrogens is 1. The first-order valence-electron chi connectivity index (χ1n) is 4.96. The van der Waals surface area contributed by atoms with Gasteiger partial charge in [-0.05, 0) is 18.1 Å². The fourth-order valence-corrected chi connectivity index (χ4v) is 1.52. The molecule has 0 aliphatic rings. The van der Waals surface area contributed by atoms with Crippen LogP contribution in [0.1, 0.15) is 25.3 Å². The number of nitrogens with zero attached hydrogens (tertiary/aromatic N) is 1. The van der Waals surface area contributed by atoms with Crippen molar-refractivity contribution < 1.29 is 9.52 Å². The molecule has 2 heterocycles. The number of nitrogens with one attached hydrogen (secondary N) is 1. The number of furan rings is 1. The monoisotopic (exact) mass is 220 g/mol. The third-order valence-corrected chi connectivity index (χ3v) is 2.27. The molecule has 0 radical (unpaired) electrons. The van der Waals surface area contributed by atoms with Gasteiger partial charge in [0.25, 0.3) is 5.56 Å². The van der Waals surface area contributed by atoms with E-state index in [-0.39, 0.29) is 28.7 Å². The van der Waals surface area contributed by atoms with Crippen LogP contribution in [0.15, 0.2) is 27.6 Å². The minimum atomic E-state index is -0.339. The lowest BCUT2D eigenvalue weighted by molar-refractivity contribution is 0.439. The van der Waals surface area contributed by atoms with Crippen molar-refractivity contribution in [2.45, 2.75) is 19.8 Å². The molecule has 16 heavy (non-hydrogen) atoms. The molecular weight excluding hydrogens is 208 g/mol. The second-order valence-corrected chi connectivity index (χ2v) is 3.78. The molecule has 2 N–H and O–H groups in total. The molecule has 0 atom stereocenters. The van der Waals surface area contributed by atoms with E-state index < -0.39 is 0 Å². The predicted octanol–water partition coefficient (Wildman–Crippen LogP) is 1.86. The average molecular weight is 220 g/mol. The van der Waals surface area contributed by atoms with Crippen molar-refractivity contribution in [1.82, 2.24) is 9.97 Å². The van der Waals surface area contributed by atoms with Crippen LogP contribution in [0.2, 0.25) is 0 Å². The fourth-order valence-electron chi connectivity index (χ4n) is 1.52. The van der Waals surface area contributed by atoms with Gasteiger partial charge in [-0.1, -0.05) is 13.8 Å². The second kappa shape index (κ2) is 3.84. The summed E-state index contributed by atoms with van der Waals surface area (Å²) in [4.78, 5) is 18.2. The normalized spacial score (nSPS) is 10.9. The summed E-state index contributed by atoms with van der Waals surface area (Å²) in [7, 11) is 0. The molecular formula is C11H12N2O3. The van der Waals surface area contributed by atoms with Crippen LogP contribution in [0.5, 0.6) is 5.88 Å². The van der Waals surface area contributed by atoms with Crippen LogP contribution in [0.3, 0.4) is 0 Å². The van der Waals surface area contributed by atoms with Gasteiger partial charge in [0.1, 0.15) is 0 Å². The van der Waals surface area contributed by atoms with Crippen LogP contribution in [-0.4, -0.2) is 15.1 Å². The highest BCUT2D eigenvalue weighted by molar-refractivity contribution is 5.47.